The maximum Gasteiger partial charge on any atom is 0.0934 e. The van der Waals surface area contributed by atoms with Gasteiger partial charge in [-0.2, -0.15) is 0 Å². The Kier molecular flexibility index (Phi) is 4.65. The number of nitrogens with one attached hydrogen (secondary N) is 1. The first-order chi connectivity index (χ1) is 8.86. The average Bonchev–Trinajstić information content (AvgIpc) is 2.43. The number of benzene rings is 1. The van der Waals surface area contributed by atoms with Gasteiger partial charge in [0.15, 0.2) is 0 Å². The number of hydrogen-bond acceptors (Lipinski definition) is 3. The van der Waals surface area contributed by atoms with Gasteiger partial charge in [0.2, 0.25) is 0 Å². The standard InChI is InChI=1S/C15H21N3/c1-3-6-13(16-9-4-2)12-7-5-8-14-15(12)18-11-10-17-14/h5,7-8,10-11,13,16H,3-4,6,9H2,1-2H3. The lowest BCUT2D eigenvalue weighted by atomic mass is 10.0. The topological polar surface area (TPSA) is 37.8 Å². The van der Waals surface area contributed by atoms with Gasteiger partial charge in [0, 0.05) is 18.4 Å². The molecule has 1 aromatic heterocycles. The Morgan fingerprint density at radius 2 is 1.94 bits per heavy atom. The number of nitrogens with zero attached hydrogens (tertiary/aromatic N) is 2. The molecule has 1 aromatic carbocycles. The van der Waals surface area contributed by atoms with E-state index in [4.69, 9.17) is 0 Å². The summed E-state index contributed by atoms with van der Waals surface area (Å²) >= 11 is 0. The van der Waals surface area contributed by atoms with E-state index in [0.29, 0.717) is 6.04 Å². The molecule has 1 atom stereocenters. The fourth-order valence-corrected chi connectivity index (χ4v) is 2.27. The molecule has 1 heterocycles. The van der Waals surface area contributed by atoms with Crippen LogP contribution in [0.3, 0.4) is 0 Å². The second-order valence-electron chi connectivity index (χ2n) is 4.57. The molecule has 0 spiro atoms. The minimum absolute atomic E-state index is 0.385. The maximum absolute atomic E-state index is 4.49. The minimum Gasteiger partial charge on any atom is -0.310 e. The third kappa shape index (κ3) is 2.85. The van der Waals surface area contributed by atoms with Gasteiger partial charge in [-0.3, -0.25) is 9.97 Å². The first kappa shape index (κ1) is 13.0. The van der Waals surface area contributed by atoms with Crippen molar-refractivity contribution in [3.63, 3.8) is 0 Å². The molecule has 0 radical (unpaired) electrons. The van der Waals surface area contributed by atoms with Gasteiger partial charge < -0.3 is 5.32 Å². The molecule has 1 unspecified atom stereocenters. The monoisotopic (exact) mass is 243 g/mol. The highest BCUT2D eigenvalue weighted by Gasteiger charge is 2.13. The van der Waals surface area contributed by atoms with Crippen LogP contribution >= 0.6 is 0 Å². The minimum atomic E-state index is 0.385. The summed E-state index contributed by atoms with van der Waals surface area (Å²) < 4.78 is 0. The Labute approximate surface area is 109 Å². The van der Waals surface area contributed by atoms with E-state index in [1.54, 1.807) is 12.4 Å². The molecule has 1 N–H and O–H groups in total. The van der Waals surface area contributed by atoms with E-state index in [1.807, 2.05) is 6.07 Å². The van der Waals surface area contributed by atoms with E-state index in [1.165, 1.54) is 5.56 Å². The summed E-state index contributed by atoms with van der Waals surface area (Å²) in [5.74, 6) is 0. The number of fused-ring (bicyclic) bond motifs is 1. The summed E-state index contributed by atoms with van der Waals surface area (Å²) in [5, 5.41) is 3.61. The summed E-state index contributed by atoms with van der Waals surface area (Å²) in [5.41, 5.74) is 3.28. The summed E-state index contributed by atoms with van der Waals surface area (Å²) in [7, 11) is 0. The average molecular weight is 243 g/mol. The molecule has 2 rings (SSSR count). The SMILES string of the molecule is CCCNC(CCC)c1cccc2nccnc12. The van der Waals surface area contributed by atoms with Crippen molar-refractivity contribution in [1.82, 2.24) is 15.3 Å². The Bertz CT molecular complexity index is 491. The lowest BCUT2D eigenvalue weighted by Gasteiger charge is -2.19. The zero-order valence-electron chi connectivity index (χ0n) is 11.2. The molecule has 0 saturated heterocycles. The van der Waals surface area contributed by atoms with Crippen LogP contribution in [0.2, 0.25) is 0 Å². The molecule has 0 bridgehead atoms. The van der Waals surface area contributed by atoms with Gasteiger partial charge in [-0.05, 0) is 31.0 Å². The zero-order chi connectivity index (χ0) is 12.8. The molecule has 0 aliphatic rings. The van der Waals surface area contributed by atoms with E-state index in [2.05, 4.69) is 41.3 Å². The molecule has 0 saturated carbocycles. The summed E-state index contributed by atoms with van der Waals surface area (Å²) in [6.45, 7) is 5.46. The van der Waals surface area contributed by atoms with Gasteiger partial charge in [0.1, 0.15) is 0 Å². The first-order valence-corrected chi connectivity index (χ1v) is 6.79. The van der Waals surface area contributed by atoms with Crippen molar-refractivity contribution in [2.45, 2.75) is 39.2 Å². The first-order valence-electron chi connectivity index (χ1n) is 6.79. The predicted octanol–water partition coefficient (Wildman–Crippen LogP) is 3.47. The summed E-state index contributed by atoms with van der Waals surface area (Å²) in [6.07, 6.45) is 6.97. The Morgan fingerprint density at radius 1 is 1.11 bits per heavy atom. The Balaban J connectivity index is 2.36. The van der Waals surface area contributed by atoms with E-state index in [0.717, 1.165) is 36.8 Å². The van der Waals surface area contributed by atoms with E-state index in [-0.39, 0.29) is 0 Å². The molecule has 0 amide bonds. The molecular formula is C15H21N3. The van der Waals surface area contributed by atoms with Gasteiger partial charge in [-0.25, -0.2) is 0 Å². The summed E-state index contributed by atoms with van der Waals surface area (Å²) in [4.78, 5) is 8.86. The molecule has 3 heteroatoms. The van der Waals surface area contributed by atoms with Gasteiger partial charge in [-0.1, -0.05) is 32.4 Å². The molecular weight excluding hydrogens is 222 g/mol. The number of para-hydroxylation sites is 1. The van der Waals surface area contributed by atoms with Crippen LogP contribution in [-0.4, -0.2) is 16.5 Å². The fourth-order valence-electron chi connectivity index (χ4n) is 2.27. The molecule has 18 heavy (non-hydrogen) atoms. The van der Waals surface area contributed by atoms with Crippen LogP contribution in [0, 0.1) is 0 Å². The van der Waals surface area contributed by atoms with Crippen LogP contribution in [0.4, 0.5) is 0 Å². The van der Waals surface area contributed by atoms with Crippen LogP contribution < -0.4 is 5.32 Å². The maximum atomic E-state index is 4.49. The molecule has 2 aromatic rings. The smallest absolute Gasteiger partial charge is 0.0934 e. The quantitative estimate of drug-likeness (QED) is 0.844. The van der Waals surface area contributed by atoms with E-state index in [9.17, 15) is 0 Å². The fraction of sp³-hybridized carbons (Fsp3) is 0.467. The van der Waals surface area contributed by atoms with Crippen molar-refractivity contribution in [2.24, 2.45) is 0 Å². The Morgan fingerprint density at radius 3 is 2.72 bits per heavy atom. The van der Waals surface area contributed by atoms with Crippen LogP contribution in [0.5, 0.6) is 0 Å². The highest BCUT2D eigenvalue weighted by Crippen LogP contribution is 2.24. The van der Waals surface area contributed by atoms with Gasteiger partial charge in [0.05, 0.1) is 11.0 Å². The number of hydrogen-bond donors (Lipinski definition) is 1. The zero-order valence-corrected chi connectivity index (χ0v) is 11.2. The number of rotatable bonds is 6. The highest BCUT2D eigenvalue weighted by molar-refractivity contribution is 5.78. The number of aromatic nitrogens is 2. The van der Waals surface area contributed by atoms with Crippen molar-refractivity contribution < 1.29 is 0 Å². The molecule has 0 aliphatic heterocycles. The largest absolute Gasteiger partial charge is 0.310 e. The van der Waals surface area contributed by atoms with Crippen molar-refractivity contribution in [3.8, 4) is 0 Å². The molecule has 0 fully saturated rings. The van der Waals surface area contributed by atoms with Crippen LogP contribution in [0.1, 0.15) is 44.7 Å². The Hall–Kier alpha value is -1.48. The normalized spacial score (nSPS) is 12.8. The van der Waals surface area contributed by atoms with Crippen LogP contribution in [0.15, 0.2) is 30.6 Å². The van der Waals surface area contributed by atoms with Gasteiger partial charge >= 0.3 is 0 Å². The van der Waals surface area contributed by atoms with Crippen LogP contribution in [0.25, 0.3) is 11.0 Å². The van der Waals surface area contributed by atoms with Crippen molar-refractivity contribution >= 4 is 11.0 Å². The lowest BCUT2D eigenvalue weighted by Crippen LogP contribution is -2.22. The van der Waals surface area contributed by atoms with Gasteiger partial charge in [-0.15, -0.1) is 0 Å². The van der Waals surface area contributed by atoms with E-state index >= 15 is 0 Å². The highest BCUT2D eigenvalue weighted by atomic mass is 14.9. The predicted molar refractivity (Wildman–Crippen MR) is 75.5 cm³/mol. The summed E-state index contributed by atoms with van der Waals surface area (Å²) in [6, 6.07) is 6.65. The van der Waals surface area contributed by atoms with Gasteiger partial charge in [0.25, 0.3) is 0 Å². The molecule has 96 valence electrons. The second-order valence-corrected chi connectivity index (χ2v) is 4.57. The van der Waals surface area contributed by atoms with Crippen LogP contribution in [-0.2, 0) is 0 Å². The molecule has 3 nitrogen and oxygen atoms in total. The second kappa shape index (κ2) is 6.45. The molecule has 0 aliphatic carbocycles. The van der Waals surface area contributed by atoms with Crippen molar-refractivity contribution in [3.05, 3.63) is 36.2 Å². The third-order valence-electron chi connectivity index (χ3n) is 3.12. The van der Waals surface area contributed by atoms with E-state index < -0.39 is 0 Å². The van der Waals surface area contributed by atoms with Crippen molar-refractivity contribution in [2.75, 3.05) is 6.54 Å². The third-order valence-corrected chi connectivity index (χ3v) is 3.12. The van der Waals surface area contributed by atoms with Crippen molar-refractivity contribution in [1.29, 1.82) is 0 Å². The lowest BCUT2D eigenvalue weighted by molar-refractivity contribution is 0.496.